The highest BCUT2D eigenvalue weighted by Crippen LogP contribution is 2.29. The minimum atomic E-state index is -0.457. The lowest BCUT2D eigenvalue weighted by molar-refractivity contribution is 0.0600. The predicted molar refractivity (Wildman–Crippen MR) is 122 cm³/mol. The van der Waals surface area contributed by atoms with Gasteiger partial charge >= 0.3 is 5.97 Å². The van der Waals surface area contributed by atoms with Crippen molar-refractivity contribution in [2.24, 2.45) is 0 Å². The van der Waals surface area contributed by atoms with Crippen molar-refractivity contribution >= 4 is 29.7 Å². The van der Waals surface area contributed by atoms with Gasteiger partial charge < -0.3 is 14.0 Å². The van der Waals surface area contributed by atoms with E-state index in [4.69, 9.17) is 20.9 Å². The number of hydrogen-bond acceptors (Lipinski definition) is 6. The average molecular weight is 447 g/mol. The van der Waals surface area contributed by atoms with Crippen LogP contribution in [0.3, 0.4) is 0 Å². The van der Waals surface area contributed by atoms with Crippen LogP contribution in [0.15, 0.2) is 77.4 Å². The summed E-state index contributed by atoms with van der Waals surface area (Å²) in [6.07, 6.45) is 5.21. The first kappa shape index (κ1) is 21.3. The summed E-state index contributed by atoms with van der Waals surface area (Å²) in [5, 5.41) is 4.89. The van der Waals surface area contributed by atoms with E-state index in [-0.39, 0.29) is 6.61 Å². The van der Waals surface area contributed by atoms with Crippen molar-refractivity contribution < 1.29 is 18.8 Å². The summed E-state index contributed by atoms with van der Waals surface area (Å²) in [5.74, 6) is 0.477. The second-order valence-electron chi connectivity index (χ2n) is 6.79. The maximum atomic E-state index is 11.6. The van der Waals surface area contributed by atoms with Crippen LogP contribution in [0.1, 0.15) is 27.2 Å². The van der Waals surface area contributed by atoms with Crippen LogP contribution in [-0.4, -0.2) is 23.2 Å². The van der Waals surface area contributed by atoms with Crippen LogP contribution >= 0.6 is 11.6 Å². The third-order valence-electron chi connectivity index (χ3n) is 4.68. The van der Waals surface area contributed by atoms with Gasteiger partial charge in [0.05, 0.1) is 18.2 Å². The number of methoxy groups -OCH3 is 1. The molecule has 2 aromatic carbocycles. The fourth-order valence-corrected chi connectivity index (χ4v) is 3.14. The van der Waals surface area contributed by atoms with Gasteiger partial charge in [-0.3, -0.25) is 0 Å². The molecule has 2 aromatic heterocycles. The number of benzene rings is 2. The number of halogens is 1. The summed E-state index contributed by atoms with van der Waals surface area (Å²) in [6.45, 7) is 0.167. The van der Waals surface area contributed by atoms with E-state index in [1.165, 1.54) is 13.3 Å². The summed E-state index contributed by atoms with van der Waals surface area (Å²) in [4.78, 5) is 15.8. The number of carbonyl (C=O) groups excluding carboxylic acids is 1. The van der Waals surface area contributed by atoms with Gasteiger partial charge in [0.15, 0.2) is 5.76 Å². The van der Waals surface area contributed by atoms with Crippen LogP contribution in [0.4, 0.5) is 0 Å². The van der Waals surface area contributed by atoms with Crippen molar-refractivity contribution in [3.05, 3.63) is 100 Å². The lowest BCUT2D eigenvalue weighted by Crippen LogP contribution is -2.03. The molecule has 0 saturated heterocycles. The zero-order valence-corrected chi connectivity index (χ0v) is 18.0. The van der Waals surface area contributed by atoms with E-state index >= 15 is 0 Å². The summed E-state index contributed by atoms with van der Waals surface area (Å²) < 4.78 is 16.2. The molecule has 4 aromatic rings. The second-order valence-corrected chi connectivity index (χ2v) is 7.23. The Labute approximate surface area is 190 Å². The summed E-state index contributed by atoms with van der Waals surface area (Å²) in [6, 6.07) is 20.4. The molecule has 0 fully saturated rings. The van der Waals surface area contributed by atoms with Gasteiger partial charge in [0, 0.05) is 22.8 Å². The Hall–Kier alpha value is -3.90. The molecule has 32 heavy (non-hydrogen) atoms. The quantitative estimate of drug-likeness (QED) is 0.328. The van der Waals surface area contributed by atoms with E-state index in [9.17, 15) is 4.79 Å². The number of hydrogen-bond donors (Lipinski definition) is 0. The van der Waals surface area contributed by atoms with E-state index < -0.39 is 5.97 Å². The fraction of sp³-hybridized carbons (Fsp3) is 0.0800. The minimum absolute atomic E-state index is 0.167. The van der Waals surface area contributed by atoms with Gasteiger partial charge in [-0.25, -0.2) is 9.78 Å². The van der Waals surface area contributed by atoms with E-state index in [1.54, 1.807) is 24.3 Å². The van der Waals surface area contributed by atoms with Gasteiger partial charge in [-0.15, -0.1) is 0 Å². The number of nitrogens with zero attached hydrogens (tertiary/aromatic N) is 2. The predicted octanol–water partition coefficient (Wildman–Crippen LogP) is 5.93. The Morgan fingerprint density at radius 1 is 1.03 bits per heavy atom. The number of aromatic nitrogens is 2. The zero-order valence-electron chi connectivity index (χ0n) is 17.2. The van der Waals surface area contributed by atoms with E-state index in [0.29, 0.717) is 27.9 Å². The molecule has 2 heterocycles. The Balaban J connectivity index is 1.61. The first-order valence-electron chi connectivity index (χ1n) is 9.79. The van der Waals surface area contributed by atoms with Crippen molar-refractivity contribution in [3.8, 4) is 17.1 Å². The van der Waals surface area contributed by atoms with Crippen LogP contribution in [0.5, 0.6) is 5.88 Å². The maximum absolute atomic E-state index is 11.6. The van der Waals surface area contributed by atoms with Crippen molar-refractivity contribution in [2.75, 3.05) is 7.11 Å². The number of rotatable bonds is 7. The lowest BCUT2D eigenvalue weighted by Gasteiger charge is -2.07. The largest absolute Gasteiger partial charge is 0.473 e. The van der Waals surface area contributed by atoms with Crippen molar-refractivity contribution in [3.63, 3.8) is 0 Å². The summed E-state index contributed by atoms with van der Waals surface area (Å²) in [5.41, 5.74) is 3.64. The molecule has 0 aliphatic heterocycles. The zero-order chi connectivity index (χ0) is 22.3. The number of ether oxygens (including phenoxy) is 2. The third-order valence-corrected chi connectivity index (χ3v) is 4.94. The molecule has 0 aliphatic rings. The van der Waals surface area contributed by atoms with Crippen LogP contribution in [0, 0.1) is 0 Å². The van der Waals surface area contributed by atoms with Gasteiger partial charge in [-0.1, -0.05) is 65.3 Å². The van der Waals surface area contributed by atoms with Crippen molar-refractivity contribution in [2.45, 2.75) is 6.61 Å². The Bertz CT molecular complexity index is 1220. The first-order chi connectivity index (χ1) is 15.6. The minimum Gasteiger partial charge on any atom is -0.473 e. The summed E-state index contributed by atoms with van der Waals surface area (Å²) in [7, 11) is 1.32. The maximum Gasteiger partial charge on any atom is 0.339 e. The standard InChI is InChI=1S/C25H19ClN2O4/c1-30-25(29)19-10-14-23(27-15-19)31-16-21-22(13-7-17-5-3-2-4-6-17)32-28-24(21)18-8-11-20(26)12-9-18/h2-15H,16H2,1H3/b13-7+. The molecule has 0 radical (unpaired) electrons. The molecule has 0 spiro atoms. The normalized spacial score (nSPS) is 10.9. The molecule has 0 unspecified atom stereocenters. The molecule has 0 N–H and O–H groups in total. The van der Waals surface area contributed by atoms with Gasteiger partial charge in [-0.2, -0.15) is 0 Å². The van der Waals surface area contributed by atoms with E-state index in [1.807, 2.05) is 54.6 Å². The topological polar surface area (TPSA) is 74.5 Å². The highest BCUT2D eigenvalue weighted by atomic mass is 35.5. The van der Waals surface area contributed by atoms with Gasteiger partial charge in [0.25, 0.3) is 0 Å². The van der Waals surface area contributed by atoms with E-state index in [0.717, 1.165) is 16.7 Å². The van der Waals surface area contributed by atoms with Crippen molar-refractivity contribution in [1.29, 1.82) is 0 Å². The van der Waals surface area contributed by atoms with Crippen LogP contribution in [0.25, 0.3) is 23.4 Å². The number of pyridine rings is 1. The van der Waals surface area contributed by atoms with Gasteiger partial charge in [-0.05, 0) is 29.8 Å². The number of carbonyl (C=O) groups is 1. The SMILES string of the molecule is COC(=O)c1ccc(OCc2c(-c3ccc(Cl)cc3)noc2/C=C/c2ccccc2)nc1. The fourth-order valence-electron chi connectivity index (χ4n) is 3.01. The Morgan fingerprint density at radius 2 is 1.81 bits per heavy atom. The molecule has 0 amide bonds. The van der Waals surface area contributed by atoms with Crippen LogP contribution in [0.2, 0.25) is 5.02 Å². The Morgan fingerprint density at radius 3 is 2.50 bits per heavy atom. The van der Waals surface area contributed by atoms with Crippen LogP contribution in [-0.2, 0) is 11.3 Å². The molecule has 0 atom stereocenters. The molecule has 0 saturated carbocycles. The Kier molecular flexibility index (Phi) is 6.63. The van der Waals surface area contributed by atoms with Crippen molar-refractivity contribution in [1.82, 2.24) is 10.1 Å². The molecular formula is C25H19ClN2O4. The highest BCUT2D eigenvalue weighted by molar-refractivity contribution is 6.30. The van der Waals surface area contributed by atoms with Crippen LogP contribution < -0.4 is 4.74 Å². The molecular weight excluding hydrogens is 428 g/mol. The molecule has 0 bridgehead atoms. The monoisotopic (exact) mass is 446 g/mol. The molecule has 0 aliphatic carbocycles. The van der Waals surface area contributed by atoms with E-state index in [2.05, 4.69) is 14.9 Å². The second kappa shape index (κ2) is 9.94. The van der Waals surface area contributed by atoms with Gasteiger partial charge in [0.2, 0.25) is 5.88 Å². The third kappa shape index (κ3) is 5.04. The lowest BCUT2D eigenvalue weighted by atomic mass is 10.1. The molecule has 160 valence electrons. The number of esters is 1. The molecule has 4 rings (SSSR count). The van der Waals surface area contributed by atoms with Gasteiger partial charge in [0.1, 0.15) is 12.3 Å². The average Bonchev–Trinajstić information content (AvgIpc) is 3.25. The molecule has 6 nitrogen and oxygen atoms in total. The smallest absolute Gasteiger partial charge is 0.339 e. The highest BCUT2D eigenvalue weighted by Gasteiger charge is 2.17. The molecule has 7 heteroatoms. The first-order valence-corrected chi connectivity index (χ1v) is 10.2. The summed E-state index contributed by atoms with van der Waals surface area (Å²) >= 11 is 6.03.